The highest BCUT2D eigenvalue weighted by Crippen LogP contribution is 2.16. The summed E-state index contributed by atoms with van der Waals surface area (Å²) in [5.74, 6) is 6.04. The zero-order valence-electron chi connectivity index (χ0n) is 14.4. The molecule has 0 unspecified atom stereocenters. The summed E-state index contributed by atoms with van der Waals surface area (Å²) in [6.45, 7) is 0.545. The molecule has 0 bridgehead atoms. The number of nitrogens with one attached hydrogen (secondary N) is 1. The standard InChI is InChI=1S/C20H20N4O/c1-23(2)18-11-5-3-8-16(18)9-7-13-21-20(25)14-24-15-22-17-10-4-6-12-19(17)24/h3-6,8,10-12,15H,13-14H2,1-2H3,(H,21,25). The lowest BCUT2D eigenvalue weighted by Gasteiger charge is -2.13. The molecule has 0 saturated carbocycles. The van der Waals surface area contributed by atoms with Gasteiger partial charge in [-0.25, -0.2) is 4.98 Å². The highest BCUT2D eigenvalue weighted by atomic mass is 16.1. The molecule has 0 atom stereocenters. The summed E-state index contributed by atoms with van der Waals surface area (Å²) in [5, 5.41) is 2.83. The van der Waals surface area contributed by atoms with Crippen LogP contribution in [0.1, 0.15) is 5.56 Å². The first-order valence-electron chi connectivity index (χ1n) is 8.07. The van der Waals surface area contributed by atoms with E-state index < -0.39 is 0 Å². The fraction of sp³-hybridized carbons (Fsp3) is 0.200. The Bertz CT molecular complexity index is 947. The van der Waals surface area contributed by atoms with Gasteiger partial charge in [0.2, 0.25) is 5.91 Å². The highest BCUT2D eigenvalue weighted by Gasteiger charge is 2.05. The monoisotopic (exact) mass is 332 g/mol. The van der Waals surface area contributed by atoms with Crippen LogP contribution in [0.5, 0.6) is 0 Å². The van der Waals surface area contributed by atoms with Gasteiger partial charge in [0.1, 0.15) is 6.54 Å². The second kappa shape index (κ2) is 7.54. The zero-order chi connectivity index (χ0) is 17.6. The van der Waals surface area contributed by atoms with E-state index in [1.165, 1.54) is 0 Å². The number of hydrogen-bond donors (Lipinski definition) is 1. The Balaban J connectivity index is 1.59. The largest absolute Gasteiger partial charge is 0.377 e. The van der Waals surface area contributed by atoms with Crippen molar-refractivity contribution in [3.05, 3.63) is 60.4 Å². The van der Waals surface area contributed by atoms with Crippen LogP contribution in [-0.2, 0) is 11.3 Å². The average Bonchev–Trinajstić information content (AvgIpc) is 3.02. The molecule has 5 nitrogen and oxygen atoms in total. The molecular weight excluding hydrogens is 312 g/mol. The molecular formula is C20H20N4O. The van der Waals surface area contributed by atoms with E-state index in [2.05, 4.69) is 22.1 Å². The number of rotatable bonds is 4. The third kappa shape index (κ3) is 3.99. The molecule has 0 fully saturated rings. The number of benzene rings is 2. The predicted octanol–water partition coefficient (Wildman–Crippen LogP) is 2.27. The molecule has 3 rings (SSSR count). The molecule has 1 N–H and O–H groups in total. The molecule has 1 aromatic heterocycles. The van der Waals surface area contributed by atoms with Gasteiger partial charge in [0, 0.05) is 19.7 Å². The molecule has 25 heavy (non-hydrogen) atoms. The van der Waals surface area contributed by atoms with Gasteiger partial charge in [0.05, 0.1) is 29.6 Å². The van der Waals surface area contributed by atoms with E-state index in [0.29, 0.717) is 6.54 Å². The molecule has 0 aliphatic rings. The van der Waals surface area contributed by atoms with Crippen molar-refractivity contribution in [2.75, 3.05) is 25.5 Å². The number of nitrogens with zero attached hydrogens (tertiary/aromatic N) is 3. The van der Waals surface area contributed by atoms with E-state index >= 15 is 0 Å². The maximum Gasteiger partial charge on any atom is 0.240 e. The highest BCUT2D eigenvalue weighted by molar-refractivity contribution is 5.80. The molecule has 0 spiro atoms. The van der Waals surface area contributed by atoms with Crippen LogP contribution < -0.4 is 10.2 Å². The summed E-state index contributed by atoms with van der Waals surface area (Å²) in [7, 11) is 3.97. The minimum Gasteiger partial charge on any atom is -0.377 e. The van der Waals surface area contributed by atoms with Crippen LogP contribution >= 0.6 is 0 Å². The van der Waals surface area contributed by atoms with Gasteiger partial charge in [-0.15, -0.1) is 0 Å². The zero-order valence-corrected chi connectivity index (χ0v) is 14.4. The van der Waals surface area contributed by atoms with Gasteiger partial charge in [-0.1, -0.05) is 36.1 Å². The Morgan fingerprint density at radius 3 is 2.76 bits per heavy atom. The van der Waals surface area contributed by atoms with Gasteiger partial charge in [0.15, 0.2) is 0 Å². The topological polar surface area (TPSA) is 50.2 Å². The van der Waals surface area contributed by atoms with Crippen LogP contribution in [-0.4, -0.2) is 36.1 Å². The molecule has 0 saturated heterocycles. The second-order valence-corrected chi connectivity index (χ2v) is 5.85. The maximum absolute atomic E-state index is 12.1. The fourth-order valence-corrected chi connectivity index (χ4v) is 2.60. The lowest BCUT2D eigenvalue weighted by atomic mass is 10.1. The molecule has 2 aromatic carbocycles. The first kappa shape index (κ1) is 16.6. The van der Waals surface area contributed by atoms with Crippen molar-refractivity contribution >= 4 is 22.6 Å². The quantitative estimate of drug-likeness (QED) is 0.746. The van der Waals surface area contributed by atoms with Crippen molar-refractivity contribution in [3.8, 4) is 11.8 Å². The van der Waals surface area contributed by atoms with Crippen LogP contribution in [0.25, 0.3) is 11.0 Å². The number of aromatic nitrogens is 2. The number of imidazole rings is 1. The van der Waals surface area contributed by atoms with Gasteiger partial charge in [0.25, 0.3) is 0 Å². The van der Waals surface area contributed by atoms with Crippen LogP contribution in [0, 0.1) is 11.8 Å². The minimum atomic E-state index is -0.0849. The van der Waals surface area contributed by atoms with Gasteiger partial charge < -0.3 is 14.8 Å². The van der Waals surface area contributed by atoms with E-state index in [1.807, 2.05) is 72.1 Å². The summed E-state index contributed by atoms with van der Waals surface area (Å²) in [6.07, 6.45) is 1.68. The molecule has 3 aromatic rings. The van der Waals surface area contributed by atoms with Gasteiger partial charge in [-0.3, -0.25) is 4.79 Å². The first-order chi connectivity index (χ1) is 12.1. The summed E-state index contributed by atoms with van der Waals surface area (Å²) in [6, 6.07) is 15.7. The van der Waals surface area contributed by atoms with Crippen LogP contribution in [0.15, 0.2) is 54.9 Å². The lowest BCUT2D eigenvalue weighted by molar-refractivity contribution is -0.121. The smallest absolute Gasteiger partial charge is 0.240 e. The van der Waals surface area contributed by atoms with Crippen LogP contribution in [0.3, 0.4) is 0 Å². The van der Waals surface area contributed by atoms with Crippen LogP contribution in [0.2, 0.25) is 0 Å². The lowest BCUT2D eigenvalue weighted by Crippen LogP contribution is -2.27. The first-order valence-corrected chi connectivity index (χ1v) is 8.07. The Morgan fingerprint density at radius 2 is 1.92 bits per heavy atom. The van der Waals surface area contributed by atoms with Crippen molar-refractivity contribution in [2.24, 2.45) is 0 Å². The van der Waals surface area contributed by atoms with Gasteiger partial charge in [-0.05, 0) is 24.3 Å². The van der Waals surface area contributed by atoms with Crippen molar-refractivity contribution in [2.45, 2.75) is 6.54 Å². The Morgan fingerprint density at radius 1 is 1.16 bits per heavy atom. The van der Waals surface area contributed by atoms with Gasteiger partial charge in [-0.2, -0.15) is 0 Å². The van der Waals surface area contributed by atoms with E-state index in [9.17, 15) is 4.79 Å². The molecule has 0 aliphatic heterocycles. The van der Waals surface area contributed by atoms with E-state index in [1.54, 1.807) is 6.33 Å². The maximum atomic E-state index is 12.1. The molecule has 0 radical (unpaired) electrons. The second-order valence-electron chi connectivity index (χ2n) is 5.85. The number of fused-ring (bicyclic) bond motifs is 1. The van der Waals surface area contributed by atoms with Gasteiger partial charge >= 0.3 is 0 Å². The van der Waals surface area contributed by atoms with E-state index in [-0.39, 0.29) is 12.5 Å². The molecule has 1 amide bonds. The molecule has 0 aliphatic carbocycles. The summed E-state index contributed by atoms with van der Waals surface area (Å²) < 4.78 is 1.83. The van der Waals surface area contributed by atoms with Crippen LogP contribution in [0.4, 0.5) is 5.69 Å². The van der Waals surface area contributed by atoms with Crippen molar-refractivity contribution < 1.29 is 4.79 Å². The SMILES string of the molecule is CN(C)c1ccccc1C#CCNC(=O)Cn1cnc2ccccc21. The summed E-state index contributed by atoms with van der Waals surface area (Å²) in [5.41, 5.74) is 3.84. The van der Waals surface area contributed by atoms with Crippen molar-refractivity contribution in [3.63, 3.8) is 0 Å². The number of carbonyl (C=O) groups is 1. The molecule has 126 valence electrons. The third-order valence-electron chi connectivity index (χ3n) is 3.82. The Kier molecular flexibility index (Phi) is 5.00. The van der Waals surface area contributed by atoms with Crippen molar-refractivity contribution in [1.29, 1.82) is 0 Å². The third-order valence-corrected chi connectivity index (χ3v) is 3.82. The predicted molar refractivity (Wildman–Crippen MR) is 100 cm³/mol. The number of anilines is 1. The average molecular weight is 332 g/mol. The normalized spacial score (nSPS) is 10.2. The number of hydrogen-bond acceptors (Lipinski definition) is 3. The summed E-state index contributed by atoms with van der Waals surface area (Å²) >= 11 is 0. The number of amides is 1. The van der Waals surface area contributed by atoms with Crippen molar-refractivity contribution in [1.82, 2.24) is 14.9 Å². The number of carbonyl (C=O) groups excluding carboxylic acids is 1. The number of para-hydroxylation sites is 3. The molecule has 1 heterocycles. The Hall–Kier alpha value is -3.26. The van der Waals surface area contributed by atoms with E-state index in [0.717, 1.165) is 22.3 Å². The van der Waals surface area contributed by atoms with E-state index in [4.69, 9.17) is 0 Å². The minimum absolute atomic E-state index is 0.0849. The fourth-order valence-electron chi connectivity index (χ4n) is 2.60. The summed E-state index contributed by atoms with van der Waals surface area (Å²) in [4.78, 5) is 18.4. The molecule has 5 heteroatoms. The Labute approximate surface area is 147 Å².